The van der Waals surface area contributed by atoms with E-state index in [1.54, 1.807) is 11.9 Å². The average molecular weight is 346 g/mol. The molecule has 3 rings (SSSR count). The molecule has 0 spiro atoms. The van der Waals surface area contributed by atoms with Gasteiger partial charge in [-0.05, 0) is 31.5 Å². The summed E-state index contributed by atoms with van der Waals surface area (Å²) in [6, 6.07) is 5.54. The molecule has 1 aromatic carbocycles. The minimum atomic E-state index is -0.0809. The van der Waals surface area contributed by atoms with Gasteiger partial charge in [0.1, 0.15) is 5.82 Å². The molecule has 0 radical (unpaired) electrons. The number of fused-ring (bicyclic) bond motifs is 1. The van der Waals surface area contributed by atoms with Crippen molar-refractivity contribution in [3.05, 3.63) is 46.0 Å². The summed E-state index contributed by atoms with van der Waals surface area (Å²) >= 11 is 5.98. The smallest absolute Gasteiger partial charge is 0.274 e. The highest BCUT2D eigenvalue weighted by Gasteiger charge is 2.19. The van der Waals surface area contributed by atoms with Crippen LogP contribution in [0.5, 0.6) is 0 Å². The number of H-pyrrole nitrogens is 2. The Labute approximate surface area is 145 Å². The molecule has 0 aliphatic carbocycles. The highest BCUT2D eigenvalue weighted by Crippen LogP contribution is 2.18. The van der Waals surface area contributed by atoms with Gasteiger partial charge in [0, 0.05) is 36.3 Å². The van der Waals surface area contributed by atoms with E-state index in [1.165, 1.54) is 0 Å². The van der Waals surface area contributed by atoms with Crippen molar-refractivity contribution < 1.29 is 4.79 Å². The van der Waals surface area contributed by atoms with Crippen LogP contribution in [0.1, 0.15) is 34.5 Å². The van der Waals surface area contributed by atoms with Gasteiger partial charge in [0.05, 0.1) is 11.0 Å². The number of nitrogens with zero attached hydrogens (tertiary/aromatic N) is 3. The van der Waals surface area contributed by atoms with Gasteiger partial charge in [0.2, 0.25) is 0 Å². The second-order valence-corrected chi connectivity index (χ2v) is 6.29. The summed E-state index contributed by atoms with van der Waals surface area (Å²) in [4.78, 5) is 22.0. The Hall–Kier alpha value is -2.34. The van der Waals surface area contributed by atoms with E-state index < -0.39 is 0 Å². The lowest BCUT2D eigenvalue weighted by Crippen LogP contribution is -2.29. The van der Waals surface area contributed by atoms with Crippen molar-refractivity contribution in [2.75, 3.05) is 13.6 Å². The van der Waals surface area contributed by atoms with Crippen LogP contribution >= 0.6 is 11.6 Å². The standard InChI is InChI=1S/C17H20ClN5O/c1-4-12-10(2)16(22-21-12)17(24)23(3)8-7-15-19-13-6-5-11(18)9-14(13)20-15/h5-6,9H,4,7-8H2,1-3H3,(H,19,20)(H,21,22). The zero-order chi connectivity index (χ0) is 17.3. The Bertz CT molecular complexity index is 882. The van der Waals surface area contributed by atoms with Crippen LogP contribution < -0.4 is 0 Å². The van der Waals surface area contributed by atoms with Crippen LogP contribution in [0.4, 0.5) is 0 Å². The first-order chi connectivity index (χ1) is 11.5. The van der Waals surface area contributed by atoms with E-state index in [0.717, 1.165) is 34.5 Å². The predicted octanol–water partition coefficient (Wildman–Crippen LogP) is 3.12. The summed E-state index contributed by atoms with van der Waals surface area (Å²) in [7, 11) is 1.78. The lowest BCUT2D eigenvalue weighted by atomic mass is 10.1. The van der Waals surface area contributed by atoms with Crippen LogP contribution in [0.2, 0.25) is 5.02 Å². The van der Waals surface area contributed by atoms with Crippen molar-refractivity contribution in [1.29, 1.82) is 0 Å². The van der Waals surface area contributed by atoms with Gasteiger partial charge in [-0.3, -0.25) is 9.89 Å². The maximum absolute atomic E-state index is 12.5. The van der Waals surface area contributed by atoms with Crippen LogP contribution in [-0.4, -0.2) is 44.6 Å². The third kappa shape index (κ3) is 3.14. The fourth-order valence-electron chi connectivity index (χ4n) is 2.70. The molecule has 126 valence electrons. The van der Waals surface area contributed by atoms with Gasteiger partial charge in [-0.2, -0.15) is 5.10 Å². The second kappa shape index (κ2) is 6.65. The molecule has 0 aliphatic rings. The van der Waals surface area contributed by atoms with Crippen molar-refractivity contribution in [3.8, 4) is 0 Å². The quantitative estimate of drug-likeness (QED) is 0.745. The number of likely N-dealkylation sites (N-methyl/N-ethyl adjacent to an activating group) is 1. The number of benzene rings is 1. The second-order valence-electron chi connectivity index (χ2n) is 5.85. The first kappa shape index (κ1) is 16.5. The fourth-order valence-corrected chi connectivity index (χ4v) is 2.87. The van der Waals surface area contributed by atoms with Gasteiger partial charge in [0.15, 0.2) is 5.69 Å². The van der Waals surface area contributed by atoms with Crippen molar-refractivity contribution in [1.82, 2.24) is 25.1 Å². The zero-order valence-corrected chi connectivity index (χ0v) is 14.7. The lowest BCUT2D eigenvalue weighted by Gasteiger charge is -2.15. The van der Waals surface area contributed by atoms with E-state index in [4.69, 9.17) is 11.6 Å². The number of carbonyl (C=O) groups is 1. The molecule has 1 amide bonds. The first-order valence-corrected chi connectivity index (χ1v) is 8.30. The molecule has 0 saturated carbocycles. The third-order valence-corrected chi connectivity index (χ3v) is 4.43. The van der Waals surface area contributed by atoms with Gasteiger partial charge >= 0.3 is 0 Å². The summed E-state index contributed by atoms with van der Waals surface area (Å²) in [6.45, 7) is 4.51. The predicted molar refractivity (Wildman–Crippen MR) is 94.5 cm³/mol. The summed E-state index contributed by atoms with van der Waals surface area (Å²) in [5, 5.41) is 7.75. The Balaban J connectivity index is 1.68. The summed E-state index contributed by atoms with van der Waals surface area (Å²) in [6.07, 6.45) is 1.47. The van der Waals surface area contributed by atoms with Crippen molar-refractivity contribution >= 4 is 28.5 Å². The molecule has 0 bridgehead atoms. The molecule has 2 N–H and O–H groups in total. The molecule has 0 unspecified atom stereocenters. The number of rotatable bonds is 5. The van der Waals surface area contributed by atoms with E-state index in [-0.39, 0.29) is 5.91 Å². The fraction of sp³-hybridized carbons (Fsp3) is 0.353. The molecule has 0 fully saturated rings. The monoisotopic (exact) mass is 345 g/mol. The number of hydrogen-bond donors (Lipinski definition) is 2. The Kier molecular flexibility index (Phi) is 4.57. The highest BCUT2D eigenvalue weighted by molar-refractivity contribution is 6.31. The van der Waals surface area contributed by atoms with Crippen LogP contribution in [0.15, 0.2) is 18.2 Å². The number of halogens is 1. The zero-order valence-electron chi connectivity index (χ0n) is 14.0. The number of aryl methyl sites for hydroxylation is 1. The van der Waals surface area contributed by atoms with E-state index >= 15 is 0 Å². The first-order valence-electron chi connectivity index (χ1n) is 7.93. The largest absolute Gasteiger partial charge is 0.342 e. The minimum absolute atomic E-state index is 0.0809. The number of imidazole rings is 1. The molecular weight excluding hydrogens is 326 g/mol. The minimum Gasteiger partial charge on any atom is -0.342 e. The Morgan fingerprint density at radius 1 is 1.38 bits per heavy atom. The maximum atomic E-state index is 12.5. The third-order valence-electron chi connectivity index (χ3n) is 4.19. The molecule has 0 saturated heterocycles. The number of carbonyl (C=O) groups excluding carboxylic acids is 1. The van der Waals surface area contributed by atoms with Crippen LogP contribution in [-0.2, 0) is 12.8 Å². The molecule has 24 heavy (non-hydrogen) atoms. The van der Waals surface area contributed by atoms with Crippen molar-refractivity contribution in [2.45, 2.75) is 26.7 Å². The van der Waals surface area contributed by atoms with Gasteiger partial charge < -0.3 is 9.88 Å². The normalized spacial score (nSPS) is 11.2. The number of amides is 1. The van der Waals surface area contributed by atoms with Crippen LogP contribution in [0.25, 0.3) is 11.0 Å². The molecule has 3 aromatic rings. The van der Waals surface area contributed by atoms with Gasteiger partial charge in [0.25, 0.3) is 5.91 Å². The van der Waals surface area contributed by atoms with Crippen LogP contribution in [0, 0.1) is 6.92 Å². The Morgan fingerprint density at radius 3 is 2.88 bits per heavy atom. The molecule has 6 nitrogen and oxygen atoms in total. The van der Waals surface area contributed by atoms with E-state index in [0.29, 0.717) is 23.7 Å². The molecule has 0 atom stereocenters. The number of nitrogens with one attached hydrogen (secondary N) is 2. The summed E-state index contributed by atoms with van der Waals surface area (Å²) in [5.41, 5.74) is 4.20. The number of hydrogen-bond acceptors (Lipinski definition) is 3. The van der Waals surface area contributed by atoms with Gasteiger partial charge in [-0.1, -0.05) is 18.5 Å². The lowest BCUT2D eigenvalue weighted by molar-refractivity contribution is 0.0789. The Morgan fingerprint density at radius 2 is 2.17 bits per heavy atom. The molecule has 0 aliphatic heterocycles. The average Bonchev–Trinajstić information content (AvgIpc) is 3.14. The highest BCUT2D eigenvalue weighted by atomic mass is 35.5. The maximum Gasteiger partial charge on any atom is 0.274 e. The number of aromatic nitrogens is 4. The molecule has 2 heterocycles. The molecule has 2 aromatic heterocycles. The van der Waals surface area contributed by atoms with Crippen molar-refractivity contribution in [2.24, 2.45) is 0 Å². The summed E-state index contributed by atoms with van der Waals surface area (Å²) in [5.74, 6) is 0.752. The van der Waals surface area contributed by atoms with Crippen LogP contribution in [0.3, 0.4) is 0 Å². The van der Waals surface area contributed by atoms with Gasteiger partial charge in [-0.15, -0.1) is 0 Å². The molecular formula is C17H20ClN5O. The van der Waals surface area contributed by atoms with E-state index in [2.05, 4.69) is 20.2 Å². The summed E-state index contributed by atoms with van der Waals surface area (Å²) < 4.78 is 0. The van der Waals surface area contributed by atoms with Crippen molar-refractivity contribution in [3.63, 3.8) is 0 Å². The SMILES string of the molecule is CCc1[nH]nc(C(=O)N(C)CCc2nc3ccc(Cl)cc3[nH]2)c1C. The topological polar surface area (TPSA) is 77.7 Å². The van der Waals surface area contributed by atoms with Gasteiger partial charge in [-0.25, -0.2) is 4.98 Å². The van der Waals surface area contributed by atoms with E-state index in [9.17, 15) is 4.79 Å². The molecule has 7 heteroatoms. The van der Waals surface area contributed by atoms with E-state index in [1.807, 2.05) is 32.0 Å². The number of aromatic amines is 2.